The van der Waals surface area contributed by atoms with Crippen molar-refractivity contribution in [2.75, 3.05) is 13.2 Å². The molecular weight excluding hydrogens is 272 g/mol. The number of likely N-dealkylation sites (tertiary alicyclic amines) is 1. The zero-order chi connectivity index (χ0) is 14.1. The first kappa shape index (κ1) is 13.5. The fourth-order valence-corrected chi connectivity index (χ4v) is 3.62. The van der Waals surface area contributed by atoms with E-state index in [9.17, 15) is 9.90 Å². The highest BCUT2D eigenvalue weighted by molar-refractivity contribution is 7.20. The van der Waals surface area contributed by atoms with Gasteiger partial charge in [-0.2, -0.15) is 0 Å². The van der Waals surface area contributed by atoms with Crippen LogP contribution in [0.5, 0.6) is 0 Å². The van der Waals surface area contributed by atoms with Gasteiger partial charge < -0.3 is 10.0 Å². The van der Waals surface area contributed by atoms with Gasteiger partial charge in [0.25, 0.3) is 5.91 Å². The van der Waals surface area contributed by atoms with Gasteiger partial charge in [0, 0.05) is 19.2 Å². The van der Waals surface area contributed by atoms with Crippen LogP contribution >= 0.6 is 11.3 Å². The maximum absolute atomic E-state index is 12.6. The molecule has 1 aromatic heterocycles. The number of carbonyl (C=O) groups is 1. The molecule has 20 heavy (non-hydrogen) atoms. The molecule has 1 aliphatic rings. The first-order chi connectivity index (χ1) is 9.69. The van der Waals surface area contributed by atoms with Gasteiger partial charge in [0.05, 0.1) is 10.2 Å². The van der Waals surface area contributed by atoms with Crippen molar-refractivity contribution in [2.24, 2.45) is 5.92 Å². The second-order valence-corrected chi connectivity index (χ2v) is 6.45. The van der Waals surface area contributed by atoms with Crippen molar-refractivity contribution in [1.29, 1.82) is 0 Å². The summed E-state index contributed by atoms with van der Waals surface area (Å²) in [5.41, 5.74) is 0.879. The Bertz CT molecular complexity index is 592. The average molecular weight is 290 g/mol. The van der Waals surface area contributed by atoms with Crippen LogP contribution in [0.1, 0.15) is 29.6 Å². The van der Waals surface area contributed by atoms with E-state index in [0.29, 0.717) is 11.6 Å². The number of aromatic nitrogens is 1. The molecule has 0 bridgehead atoms. The molecule has 1 aliphatic heterocycles. The van der Waals surface area contributed by atoms with Gasteiger partial charge in [-0.05, 0) is 37.8 Å². The van der Waals surface area contributed by atoms with Crippen molar-refractivity contribution in [2.45, 2.75) is 25.8 Å². The number of rotatable bonds is 2. The minimum absolute atomic E-state index is 0.00292. The second kappa shape index (κ2) is 5.50. The Morgan fingerprint density at radius 3 is 3.00 bits per heavy atom. The molecule has 1 saturated heterocycles. The molecule has 1 aromatic carbocycles. The summed E-state index contributed by atoms with van der Waals surface area (Å²) < 4.78 is 1.04. The molecule has 106 valence electrons. The lowest BCUT2D eigenvalue weighted by Crippen LogP contribution is -2.46. The molecule has 0 radical (unpaired) electrons. The quantitative estimate of drug-likeness (QED) is 0.924. The van der Waals surface area contributed by atoms with E-state index < -0.39 is 0 Å². The number of amides is 1. The number of carbonyl (C=O) groups excluding carboxylic acids is 1. The first-order valence-electron chi connectivity index (χ1n) is 6.96. The molecule has 3 rings (SSSR count). The highest BCUT2D eigenvalue weighted by Gasteiger charge is 2.30. The lowest BCUT2D eigenvalue weighted by molar-refractivity contribution is 0.0489. The number of fused-ring (bicyclic) bond motifs is 1. The topological polar surface area (TPSA) is 53.4 Å². The Morgan fingerprint density at radius 2 is 2.25 bits per heavy atom. The fraction of sp³-hybridized carbons (Fsp3) is 0.467. The number of piperidine rings is 1. The van der Waals surface area contributed by atoms with Crippen molar-refractivity contribution >= 4 is 27.5 Å². The van der Waals surface area contributed by atoms with Crippen LogP contribution in [0.4, 0.5) is 0 Å². The Kier molecular flexibility index (Phi) is 3.72. The second-order valence-electron chi connectivity index (χ2n) is 5.42. The minimum atomic E-state index is -0.00292. The molecule has 2 unspecified atom stereocenters. The van der Waals surface area contributed by atoms with Gasteiger partial charge in [-0.25, -0.2) is 4.98 Å². The summed E-state index contributed by atoms with van der Waals surface area (Å²) in [6.45, 7) is 2.85. The van der Waals surface area contributed by atoms with Crippen LogP contribution < -0.4 is 0 Å². The van der Waals surface area contributed by atoms with Gasteiger partial charge in [-0.1, -0.05) is 12.1 Å². The number of para-hydroxylation sites is 1. The molecule has 1 amide bonds. The molecule has 5 heteroatoms. The van der Waals surface area contributed by atoms with Crippen LogP contribution in [-0.4, -0.2) is 40.1 Å². The summed E-state index contributed by atoms with van der Waals surface area (Å²) in [4.78, 5) is 18.9. The van der Waals surface area contributed by atoms with Gasteiger partial charge in [0.2, 0.25) is 0 Å². The van der Waals surface area contributed by atoms with E-state index >= 15 is 0 Å². The average Bonchev–Trinajstić information content (AvgIpc) is 2.91. The summed E-state index contributed by atoms with van der Waals surface area (Å²) in [6.07, 6.45) is 1.93. The molecule has 4 nitrogen and oxygen atoms in total. The third-order valence-corrected chi connectivity index (χ3v) is 5.00. The Balaban J connectivity index is 1.86. The molecule has 2 heterocycles. The zero-order valence-electron chi connectivity index (χ0n) is 11.5. The summed E-state index contributed by atoms with van der Waals surface area (Å²) in [7, 11) is 0. The first-order valence-corrected chi connectivity index (χ1v) is 7.78. The smallest absolute Gasteiger partial charge is 0.283 e. The fourth-order valence-electron chi connectivity index (χ4n) is 2.70. The van der Waals surface area contributed by atoms with Gasteiger partial charge in [-0.3, -0.25) is 4.79 Å². The Hall–Kier alpha value is -1.46. The summed E-state index contributed by atoms with van der Waals surface area (Å²) in [5.74, 6) is 0.196. The predicted molar refractivity (Wildman–Crippen MR) is 79.9 cm³/mol. The Labute approximate surface area is 122 Å². The van der Waals surface area contributed by atoms with E-state index in [1.165, 1.54) is 11.3 Å². The lowest BCUT2D eigenvalue weighted by atomic mass is 9.94. The summed E-state index contributed by atoms with van der Waals surface area (Å²) >= 11 is 1.45. The highest BCUT2D eigenvalue weighted by Crippen LogP contribution is 2.27. The molecule has 0 saturated carbocycles. The largest absolute Gasteiger partial charge is 0.396 e. The van der Waals surface area contributed by atoms with Crippen LogP contribution in [0.2, 0.25) is 0 Å². The van der Waals surface area contributed by atoms with Gasteiger partial charge in [-0.15, -0.1) is 11.3 Å². The van der Waals surface area contributed by atoms with Crippen LogP contribution in [0.3, 0.4) is 0 Å². The number of aliphatic hydroxyl groups excluding tert-OH is 1. The van der Waals surface area contributed by atoms with Crippen molar-refractivity contribution in [1.82, 2.24) is 9.88 Å². The summed E-state index contributed by atoms with van der Waals surface area (Å²) in [5, 5.41) is 9.86. The standard InChI is InChI=1S/C15H18N2O2S/c1-10-6-7-11(9-18)8-17(10)15(19)14-16-12-4-2-3-5-13(12)20-14/h2-5,10-11,18H,6-9H2,1H3. The molecule has 0 spiro atoms. The van der Waals surface area contributed by atoms with Crippen molar-refractivity contribution in [3.63, 3.8) is 0 Å². The van der Waals surface area contributed by atoms with Gasteiger partial charge in [0.1, 0.15) is 0 Å². The molecule has 1 N–H and O–H groups in total. The number of aliphatic hydroxyl groups is 1. The Morgan fingerprint density at radius 1 is 1.45 bits per heavy atom. The van der Waals surface area contributed by atoms with Crippen LogP contribution in [0.25, 0.3) is 10.2 Å². The monoisotopic (exact) mass is 290 g/mol. The normalized spacial score (nSPS) is 23.2. The molecule has 1 fully saturated rings. The predicted octanol–water partition coefficient (Wildman–Crippen LogP) is 2.53. The third-order valence-electron chi connectivity index (χ3n) is 3.98. The van der Waals surface area contributed by atoms with Crippen LogP contribution in [-0.2, 0) is 0 Å². The number of hydrogen-bond acceptors (Lipinski definition) is 4. The molecule has 2 aromatic rings. The summed E-state index contributed by atoms with van der Waals surface area (Å²) in [6, 6.07) is 8.03. The number of benzene rings is 1. The zero-order valence-corrected chi connectivity index (χ0v) is 12.3. The van der Waals surface area contributed by atoms with E-state index in [4.69, 9.17) is 0 Å². The number of hydrogen-bond donors (Lipinski definition) is 1. The molecule has 2 atom stereocenters. The van der Waals surface area contributed by atoms with E-state index in [1.54, 1.807) is 0 Å². The SMILES string of the molecule is CC1CCC(CO)CN1C(=O)c1nc2ccccc2s1. The maximum atomic E-state index is 12.6. The van der Waals surface area contributed by atoms with Crippen molar-refractivity contribution in [3.05, 3.63) is 29.3 Å². The van der Waals surface area contributed by atoms with Crippen molar-refractivity contribution in [3.8, 4) is 0 Å². The van der Waals surface area contributed by atoms with E-state index in [-0.39, 0.29) is 24.5 Å². The van der Waals surface area contributed by atoms with E-state index in [0.717, 1.165) is 23.1 Å². The van der Waals surface area contributed by atoms with Gasteiger partial charge >= 0.3 is 0 Å². The van der Waals surface area contributed by atoms with Crippen LogP contribution in [0.15, 0.2) is 24.3 Å². The van der Waals surface area contributed by atoms with Gasteiger partial charge in [0.15, 0.2) is 5.01 Å². The van der Waals surface area contributed by atoms with E-state index in [2.05, 4.69) is 11.9 Å². The van der Waals surface area contributed by atoms with Crippen molar-refractivity contribution < 1.29 is 9.90 Å². The molecule has 0 aliphatic carbocycles. The third kappa shape index (κ3) is 2.43. The number of nitrogens with zero attached hydrogens (tertiary/aromatic N) is 2. The minimum Gasteiger partial charge on any atom is -0.396 e. The lowest BCUT2D eigenvalue weighted by Gasteiger charge is -2.36. The van der Waals surface area contributed by atoms with E-state index in [1.807, 2.05) is 29.2 Å². The highest BCUT2D eigenvalue weighted by atomic mass is 32.1. The number of thiazole rings is 1. The molecular formula is C15H18N2O2S. The van der Waals surface area contributed by atoms with Crippen LogP contribution in [0, 0.1) is 5.92 Å². The maximum Gasteiger partial charge on any atom is 0.283 e.